The number of amides is 1. The Bertz CT molecular complexity index is 144. The van der Waals surface area contributed by atoms with Gasteiger partial charge in [-0.25, -0.2) is 0 Å². The van der Waals surface area contributed by atoms with Crippen LogP contribution in [0.15, 0.2) is 0 Å². The Labute approximate surface area is 68.2 Å². The van der Waals surface area contributed by atoms with Gasteiger partial charge in [0.2, 0.25) is 5.91 Å². The molecule has 11 heavy (non-hydrogen) atoms. The maximum atomic E-state index is 10.9. The highest BCUT2D eigenvalue weighted by Gasteiger charge is 2.30. The molecule has 0 saturated heterocycles. The highest BCUT2D eigenvalue weighted by atomic mass is 16.1. The van der Waals surface area contributed by atoms with Gasteiger partial charge < -0.3 is 5.73 Å². The Hall–Kier alpha value is -0.530. The van der Waals surface area contributed by atoms with Crippen LogP contribution in [-0.4, -0.2) is 5.91 Å². The number of carbonyl (C=O) groups excluding carboxylic acids is 1. The normalized spacial score (nSPS) is 30.6. The quantitative estimate of drug-likeness (QED) is 0.662. The van der Waals surface area contributed by atoms with Crippen LogP contribution in [0.3, 0.4) is 0 Å². The highest BCUT2D eigenvalue weighted by molar-refractivity contribution is 5.77. The van der Waals surface area contributed by atoms with Gasteiger partial charge in [0, 0.05) is 5.92 Å². The van der Waals surface area contributed by atoms with Gasteiger partial charge >= 0.3 is 0 Å². The monoisotopic (exact) mass is 155 g/mol. The molecule has 64 valence electrons. The molecule has 0 spiro atoms. The molecule has 0 heterocycles. The van der Waals surface area contributed by atoms with Crippen molar-refractivity contribution in [2.45, 2.75) is 39.0 Å². The van der Waals surface area contributed by atoms with Gasteiger partial charge in [-0.05, 0) is 25.2 Å². The zero-order chi connectivity index (χ0) is 8.27. The first kappa shape index (κ1) is 8.57. The third-order valence-electron chi connectivity index (χ3n) is 2.68. The second-order valence-corrected chi connectivity index (χ2v) is 3.49. The first-order valence-electron chi connectivity index (χ1n) is 4.55. The molecule has 1 aliphatic carbocycles. The minimum atomic E-state index is -0.0825. The Morgan fingerprint density at radius 3 is 2.82 bits per heavy atom. The largest absolute Gasteiger partial charge is 0.369 e. The maximum Gasteiger partial charge on any atom is 0.220 e. The summed E-state index contributed by atoms with van der Waals surface area (Å²) in [6.07, 6.45) is 5.78. The van der Waals surface area contributed by atoms with Crippen molar-refractivity contribution in [2.75, 3.05) is 0 Å². The maximum absolute atomic E-state index is 10.9. The predicted molar refractivity (Wildman–Crippen MR) is 44.9 cm³/mol. The van der Waals surface area contributed by atoms with E-state index in [1.807, 2.05) is 0 Å². The lowest BCUT2D eigenvalue weighted by Gasteiger charge is -2.14. The molecular formula is C9H17NO. The van der Waals surface area contributed by atoms with E-state index in [2.05, 4.69) is 6.92 Å². The number of nitrogens with two attached hydrogens (primary N) is 1. The van der Waals surface area contributed by atoms with Crippen molar-refractivity contribution in [1.82, 2.24) is 0 Å². The molecule has 0 aromatic rings. The van der Waals surface area contributed by atoms with Gasteiger partial charge in [0.1, 0.15) is 0 Å². The van der Waals surface area contributed by atoms with Crippen LogP contribution >= 0.6 is 0 Å². The third kappa shape index (κ3) is 1.95. The van der Waals surface area contributed by atoms with E-state index in [9.17, 15) is 4.79 Å². The summed E-state index contributed by atoms with van der Waals surface area (Å²) in [5.74, 6) is 0.702. The summed E-state index contributed by atoms with van der Waals surface area (Å²) in [7, 11) is 0. The Kier molecular flexibility index (Phi) is 2.92. The molecule has 0 aliphatic heterocycles. The van der Waals surface area contributed by atoms with Crippen LogP contribution in [0, 0.1) is 11.8 Å². The van der Waals surface area contributed by atoms with Gasteiger partial charge in [0.15, 0.2) is 0 Å². The lowest BCUT2D eigenvalue weighted by Crippen LogP contribution is -2.26. The summed E-state index contributed by atoms with van der Waals surface area (Å²) in [6, 6.07) is 0. The first-order valence-corrected chi connectivity index (χ1v) is 4.55. The number of hydrogen-bond donors (Lipinski definition) is 1. The lowest BCUT2D eigenvalue weighted by atomic mass is 9.91. The van der Waals surface area contributed by atoms with Crippen LogP contribution in [0.4, 0.5) is 0 Å². The molecule has 2 nitrogen and oxygen atoms in total. The second-order valence-electron chi connectivity index (χ2n) is 3.49. The summed E-state index contributed by atoms with van der Waals surface area (Å²) < 4.78 is 0. The number of carbonyl (C=O) groups is 1. The molecule has 1 rings (SSSR count). The van der Waals surface area contributed by atoms with Crippen molar-refractivity contribution < 1.29 is 4.79 Å². The van der Waals surface area contributed by atoms with Crippen molar-refractivity contribution >= 4 is 5.91 Å². The van der Waals surface area contributed by atoms with Crippen LogP contribution in [0.25, 0.3) is 0 Å². The smallest absolute Gasteiger partial charge is 0.220 e. The Balaban J connectivity index is 2.44. The van der Waals surface area contributed by atoms with Gasteiger partial charge in [0.25, 0.3) is 0 Å². The molecule has 1 aliphatic rings. The molecule has 0 aromatic carbocycles. The number of hydrogen-bond acceptors (Lipinski definition) is 1. The minimum absolute atomic E-state index is 0.0825. The first-order chi connectivity index (χ1) is 5.25. The van der Waals surface area contributed by atoms with Crippen molar-refractivity contribution in [2.24, 2.45) is 17.6 Å². The fourth-order valence-electron chi connectivity index (χ4n) is 2.13. The topological polar surface area (TPSA) is 43.1 Å². The van der Waals surface area contributed by atoms with Crippen LogP contribution in [-0.2, 0) is 4.79 Å². The van der Waals surface area contributed by atoms with Crippen molar-refractivity contribution in [1.29, 1.82) is 0 Å². The standard InChI is InChI=1S/C9H17NO/c1-2-4-7-5-3-6-8(7)9(10)11/h7-8H,2-6H2,1H3,(H2,10,11)/t7?,8-/m1/s1. The number of primary amides is 1. The molecule has 1 fully saturated rings. The van der Waals surface area contributed by atoms with E-state index in [4.69, 9.17) is 5.73 Å². The molecule has 0 aromatic heterocycles. The molecular weight excluding hydrogens is 138 g/mol. The molecule has 0 bridgehead atoms. The van der Waals surface area contributed by atoms with Gasteiger partial charge in [-0.1, -0.05) is 19.8 Å². The van der Waals surface area contributed by atoms with Crippen LogP contribution in [0.5, 0.6) is 0 Å². The summed E-state index contributed by atoms with van der Waals surface area (Å²) >= 11 is 0. The predicted octanol–water partition coefficient (Wildman–Crippen LogP) is 1.69. The molecule has 1 saturated carbocycles. The minimum Gasteiger partial charge on any atom is -0.369 e. The molecule has 0 radical (unpaired) electrons. The second kappa shape index (κ2) is 3.74. The Morgan fingerprint density at radius 2 is 2.27 bits per heavy atom. The van der Waals surface area contributed by atoms with Gasteiger partial charge in [0.05, 0.1) is 0 Å². The van der Waals surface area contributed by atoms with Crippen molar-refractivity contribution in [3.05, 3.63) is 0 Å². The molecule has 1 amide bonds. The zero-order valence-electron chi connectivity index (χ0n) is 7.18. The van der Waals surface area contributed by atoms with Crippen molar-refractivity contribution in [3.63, 3.8) is 0 Å². The van der Waals surface area contributed by atoms with E-state index in [0.717, 1.165) is 6.42 Å². The zero-order valence-corrected chi connectivity index (χ0v) is 7.18. The summed E-state index contributed by atoms with van der Waals surface area (Å²) in [5, 5.41) is 0. The lowest BCUT2D eigenvalue weighted by molar-refractivity contribution is -0.122. The number of rotatable bonds is 3. The van der Waals surface area contributed by atoms with Gasteiger partial charge in [-0.15, -0.1) is 0 Å². The average molecular weight is 155 g/mol. The van der Waals surface area contributed by atoms with Crippen LogP contribution in [0.2, 0.25) is 0 Å². The molecule has 2 heteroatoms. The highest BCUT2D eigenvalue weighted by Crippen LogP contribution is 2.34. The molecule has 2 N–H and O–H groups in total. The van der Waals surface area contributed by atoms with E-state index >= 15 is 0 Å². The summed E-state index contributed by atoms with van der Waals surface area (Å²) in [4.78, 5) is 10.9. The van der Waals surface area contributed by atoms with E-state index in [-0.39, 0.29) is 11.8 Å². The fraction of sp³-hybridized carbons (Fsp3) is 0.889. The van der Waals surface area contributed by atoms with Crippen LogP contribution in [0.1, 0.15) is 39.0 Å². The summed E-state index contributed by atoms with van der Waals surface area (Å²) in [6.45, 7) is 2.16. The van der Waals surface area contributed by atoms with E-state index in [1.165, 1.54) is 25.7 Å². The van der Waals surface area contributed by atoms with Crippen molar-refractivity contribution in [3.8, 4) is 0 Å². The van der Waals surface area contributed by atoms with E-state index in [0.29, 0.717) is 5.92 Å². The summed E-state index contributed by atoms with van der Waals surface area (Å²) in [5.41, 5.74) is 5.28. The molecule has 2 atom stereocenters. The molecule has 1 unspecified atom stereocenters. The Morgan fingerprint density at radius 1 is 1.55 bits per heavy atom. The van der Waals surface area contributed by atoms with Gasteiger partial charge in [-0.2, -0.15) is 0 Å². The SMILES string of the molecule is CCCC1CCC[C@H]1C(N)=O. The van der Waals surface area contributed by atoms with E-state index < -0.39 is 0 Å². The van der Waals surface area contributed by atoms with Crippen LogP contribution < -0.4 is 5.73 Å². The fourth-order valence-corrected chi connectivity index (χ4v) is 2.13. The average Bonchev–Trinajstić information content (AvgIpc) is 2.36. The van der Waals surface area contributed by atoms with Gasteiger partial charge in [-0.3, -0.25) is 4.79 Å². The third-order valence-corrected chi connectivity index (χ3v) is 2.68. The van der Waals surface area contributed by atoms with E-state index in [1.54, 1.807) is 0 Å².